The molecule has 0 aliphatic carbocycles. The fraction of sp³-hybridized carbons (Fsp3) is 0.417. The van der Waals surface area contributed by atoms with E-state index < -0.39 is 0 Å². The molecule has 1 amide bonds. The summed E-state index contributed by atoms with van der Waals surface area (Å²) in [6, 6.07) is 16.3. The Bertz CT molecular complexity index is 915. The minimum absolute atomic E-state index is 0.0672. The third-order valence-electron chi connectivity index (χ3n) is 5.68. The predicted molar refractivity (Wildman–Crippen MR) is 120 cm³/mol. The number of likely N-dealkylation sites (N-methyl/N-ethyl adjacent to an activating group) is 1. The first-order valence-corrected chi connectivity index (χ1v) is 10.7. The van der Waals surface area contributed by atoms with Crippen LogP contribution in [-0.2, 0) is 4.84 Å². The Morgan fingerprint density at radius 3 is 2.53 bits per heavy atom. The number of hydrogen-bond donors (Lipinski definition) is 1. The molecule has 2 aromatic rings. The van der Waals surface area contributed by atoms with E-state index in [2.05, 4.69) is 51.6 Å². The maximum absolute atomic E-state index is 12.3. The van der Waals surface area contributed by atoms with E-state index in [4.69, 9.17) is 4.84 Å². The molecule has 0 radical (unpaired) electrons. The Morgan fingerprint density at radius 2 is 1.83 bits per heavy atom. The van der Waals surface area contributed by atoms with E-state index in [1.165, 1.54) is 5.69 Å². The summed E-state index contributed by atoms with van der Waals surface area (Å²) in [5.41, 5.74) is 4.84. The standard InChI is InChI=1S/C24H30N4O2/c1-17(2)25-24(29)20-6-4-5-19(15-20)22-16-23(30-26-22)18-7-9-21(10-8-18)28-13-11-27(3)12-14-28/h4-10,15,17,23H,11-14,16H2,1-3H3,(H,25,29). The molecule has 6 heteroatoms. The maximum atomic E-state index is 12.3. The third-order valence-corrected chi connectivity index (χ3v) is 5.68. The van der Waals surface area contributed by atoms with Crippen LogP contribution in [0.15, 0.2) is 53.7 Å². The molecule has 2 heterocycles. The number of hydrogen-bond acceptors (Lipinski definition) is 5. The van der Waals surface area contributed by atoms with E-state index in [1.54, 1.807) is 0 Å². The van der Waals surface area contributed by atoms with E-state index in [1.807, 2.05) is 38.1 Å². The van der Waals surface area contributed by atoms with Crippen molar-refractivity contribution in [3.8, 4) is 0 Å². The van der Waals surface area contributed by atoms with Crippen molar-refractivity contribution in [2.24, 2.45) is 5.16 Å². The van der Waals surface area contributed by atoms with Crippen molar-refractivity contribution >= 4 is 17.3 Å². The molecule has 158 valence electrons. The molecule has 0 bridgehead atoms. The number of nitrogens with zero attached hydrogens (tertiary/aromatic N) is 3. The second-order valence-corrected chi connectivity index (χ2v) is 8.43. The molecular formula is C24H30N4O2. The van der Waals surface area contributed by atoms with Crippen molar-refractivity contribution in [3.05, 3.63) is 65.2 Å². The summed E-state index contributed by atoms with van der Waals surface area (Å²) in [4.78, 5) is 22.8. The molecule has 6 nitrogen and oxygen atoms in total. The summed E-state index contributed by atoms with van der Waals surface area (Å²) in [5, 5.41) is 7.24. The monoisotopic (exact) mass is 406 g/mol. The first-order valence-electron chi connectivity index (χ1n) is 10.7. The van der Waals surface area contributed by atoms with Crippen LogP contribution in [0.3, 0.4) is 0 Å². The summed E-state index contributed by atoms with van der Waals surface area (Å²) in [6.07, 6.45) is 0.609. The zero-order chi connectivity index (χ0) is 21.1. The molecule has 1 fully saturated rings. The van der Waals surface area contributed by atoms with Crippen molar-refractivity contribution in [2.45, 2.75) is 32.4 Å². The van der Waals surface area contributed by atoms with Crippen LogP contribution in [0.5, 0.6) is 0 Å². The number of nitrogens with one attached hydrogen (secondary N) is 1. The van der Waals surface area contributed by atoms with Gasteiger partial charge >= 0.3 is 0 Å². The van der Waals surface area contributed by atoms with Gasteiger partial charge in [0.1, 0.15) is 0 Å². The number of carbonyl (C=O) groups is 1. The van der Waals surface area contributed by atoms with Gasteiger partial charge in [-0.05, 0) is 50.7 Å². The Morgan fingerprint density at radius 1 is 1.10 bits per heavy atom. The van der Waals surface area contributed by atoms with Gasteiger partial charge in [-0.2, -0.15) is 0 Å². The largest absolute Gasteiger partial charge is 0.387 e. The zero-order valence-electron chi connectivity index (χ0n) is 18.0. The minimum atomic E-state index is -0.0883. The fourth-order valence-corrected chi connectivity index (χ4v) is 3.88. The van der Waals surface area contributed by atoms with E-state index >= 15 is 0 Å². The summed E-state index contributed by atoms with van der Waals surface area (Å²) < 4.78 is 0. The van der Waals surface area contributed by atoms with Gasteiger partial charge < -0.3 is 20.0 Å². The smallest absolute Gasteiger partial charge is 0.251 e. The number of anilines is 1. The van der Waals surface area contributed by atoms with Crippen molar-refractivity contribution < 1.29 is 9.63 Å². The Labute approximate surface area is 178 Å². The van der Waals surface area contributed by atoms with Crippen molar-refractivity contribution in [1.82, 2.24) is 10.2 Å². The molecular weight excluding hydrogens is 376 g/mol. The van der Waals surface area contributed by atoms with Crippen LogP contribution >= 0.6 is 0 Å². The molecule has 0 aromatic heterocycles. The van der Waals surface area contributed by atoms with Gasteiger partial charge in [-0.15, -0.1) is 0 Å². The molecule has 1 saturated heterocycles. The van der Waals surface area contributed by atoms with E-state index in [9.17, 15) is 4.79 Å². The molecule has 2 aliphatic heterocycles. The molecule has 2 aromatic carbocycles. The fourth-order valence-electron chi connectivity index (χ4n) is 3.88. The highest BCUT2D eigenvalue weighted by atomic mass is 16.6. The van der Waals surface area contributed by atoms with Crippen molar-refractivity contribution in [1.29, 1.82) is 0 Å². The van der Waals surface area contributed by atoms with Crippen LogP contribution in [0.1, 0.15) is 47.9 Å². The summed E-state index contributed by atoms with van der Waals surface area (Å²) >= 11 is 0. The Kier molecular flexibility index (Phi) is 6.04. The van der Waals surface area contributed by atoms with Gasteiger partial charge in [0.25, 0.3) is 5.91 Å². The second-order valence-electron chi connectivity index (χ2n) is 8.43. The van der Waals surface area contributed by atoms with Gasteiger partial charge in [0.05, 0.1) is 5.71 Å². The SMILES string of the molecule is CC(C)NC(=O)c1cccc(C2=NOC(c3ccc(N4CCN(C)CC4)cc3)C2)c1. The highest BCUT2D eigenvalue weighted by Gasteiger charge is 2.25. The van der Waals surface area contributed by atoms with E-state index in [-0.39, 0.29) is 18.1 Å². The summed E-state index contributed by atoms with van der Waals surface area (Å²) in [6.45, 7) is 8.22. The Hall–Kier alpha value is -2.86. The zero-order valence-corrected chi connectivity index (χ0v) is 18.0. The highest BCUT2D eigenvalue weighted by molar-refractivity contribution is 6.04. The molecule has 4 rings (SSSR count). The van der Waals surface area contributed by atoms with E-state index in [0.717, 1.165) is 43.0 Å². The van der Waals surface area contributed by atoms with Crippen LogP contribution < -0.4 is 10.2 Å². The lowest BCUT2D eigenvalue weighted by Gasteiger charge is -2.34. The van der Waals surface area contributed by atoms with Gasteiger partial charge in [-0.3, -0.25) is 4.79 Å². The number of rotatable bonds is 5. The average Bonchev–Trinajstić information content (AvgIpc) is 3.24. The number of benzene rings is 2. The van der Waals surface area contributed by atoms with Gasteiger partial charge in [0.15, 0.2) is 6.10 Å². The van der Waals surface area contributed by atoms with Gasteiger partial charge in [0.2, 0.25) is 0 Å². The lowest BCUT2D eigenvalue weighted by atomic mass is 9.98. The number of amides is 1. The average molecular weight is 407 g/mol. The number of oxime groups is 1. The molecule has 1 atom stereocenters. The van der Waals surface area contributed by atoms with Crippen LogP contribution in [-0.4, -0.2) is 55.8 Å². The van der Waals surface area contributed by atoms with Crippen molar-refractivity contribution in [2.75, 3.05) is 38.1 Å². The molecule has 2 aliphatic rings. The topological polar surface area (TPSA) is 57.2 Å². The number of carbonyl (C=O) groups excluding carboxylic acids is 1. The minimum Gasteiger partial charge on any atom is -0.387 e. The van der Waals surface area contributed by atoms with Gasteiger partial charge in [-0.1, -0.05) is 29.4 Å². The van der Waals surface area contributed by atoms with Gasteiger partial charge in [0, 0.05) is 55.5 Å². The Balaban J connectivity index is 1.40. The normalized spacial score (nSPS) is 19.5. The second kappa shape index (κ2) is 8.88. The van der Waals surface area contributed by atoms with Crippen LogP contribution in [0, 0.1) is 0 Å². The van der Waals surface area contributed by atoms with Crippen LogP contribution in [0.4, 0.5) is 5.69 Å². The third kappa shape index (κ3) is 4.65. The summed E-state index contributed by atoms with van der Waals surface area (Å²) in [5.74, 6) is -0.0672. The summed E-state index contributed by atoms with van der Waals surface area (Å²) in [7, 11) is 2.17. The highest BCUT2D eigenvalue weighted by Crippen LogP contribution is 2.31. The van der Waals surface area contributed by atoms with Crippen LogP contribution in [0.25, 0.3) is 0 Å². The predicted octanol–water partition coefficient (Wildman–Crippen LogP) is 3.44. The van der Waals surface area contributed by atoms with Gasteiger partial charge in [-0.25, -0.2) is 0 Å². The maximum Gasteiger partial charge on any atom is 0.251 e. The first-order chi connectivity index (χ1) is 14.5. The molecule has 30 heavy (non-hydrogen) atoms. The molecule has 1 unspecified atom stereocenters. The molecule has 0 spiro atoms. The van der Waals surface area contributed by atoms with E-state index in [0.29, 0.717) is 12.0 Å². The first kappa shape index (κ1) is 20.4. The lowest BCUT2D eigenvalue weighted by Crippen LogP contribution is -2.44. The number of piperazine rings is 1. The molecule has 0 saturated carbocycles. The molecule has 1 N–H and O–H groups in total. The quantitative estimate of drug-likeness (QED) is 0.826. The van der Waals surface area contributed by atoms with Crippen LogP contribution in [0.2, 0.25) is 0 Å². The lowest BCUT2D eigenvalue weighted by molar-refractivity contribution is 0.0857. The van der Waals surface area contributed by atoms with Crippen molar-refractivity contribution in [3.63, 3.8) is 0 Å².